The number of benzene rings is 2. The Kier molecular flexibility index (Phi) is 4.39. The van der Waals surface area contributed by atoms with Gasteiger partial charge in [0.2, 0.25) is 0 Å². The minimum Gasteiger partial charge on any atom is -0.207 e. The van der Waals surface area contributed by atoms with Crippen LogP contribution in [0.15, 0.2) is 34.1 Å². The van der Waals surface area contributed by atoms with Crippen molar-refractivity contribution in [3.8, 4) is 0 Å². The molecule has 0 atom stereocenters. The molecule has 0 radical (unpaired) electrons. The standard InChI is InChI=1S/C12H4F6O4S2/c13-5-1-7(15)11(8(16)2-5)23(19,20)24(21,22)12-9(17)3-6(14)4-10(12)18/h1-4H. The molecule has 0 fully saturated rings. The van der Waals surface area contributed by atoms with Gasteiger partial charge in [0.25, 0.3) is 17.7 Å². The predicted molar refractivity (Wildman–Crippen MR) is 67.0 cm³/mol. The van der Waals surface area contributed by atoms with Gasteiger partial charge < -0.3 is 0 Å². The van der Waals surface area contributed by atoms with Crippen LogP contribution in [0.4, 0.5) is 26.3 Å². The second kappa shape index (κ2) is 5.77. The molecule has 130 valence electrons. The lowest BCUT2D eigenvalue weighted by Crippen LogP contribution is -2.21. The lowest BCUT2D eigenvalue weighted by Gasteiger charge is -2.10. The summed E-state index contributed by atoms with van der Waals surface area (Å²) in [7, 11) is -12.1. The van der Waals surface area contributed by atoms with E-state index in [9.17, 15) is 43.2 Å². The first-order valence-electron chi connectivity index (χ1n) is 5.68. The van der Waals surface area contributed by atoms with Crippen molar-refractivity contribution in [2.45, 2.75) is 9.79 Å². The van der Waals surface area contributed by atoms with Gasteiger partial charge in [-0.1, -0.05) is 0 Å². The molecule has 0 aliphatic carbocycles. The average Bonchev–Trinajstić information content (AvgIpc) is 2.34. The Balaban J connectivity index is 2.84. The van der Waals surface area contributed by atoms with Gasteiger partial charge in [-0.05, 0) is 0 Å². The van der Waals surface area contributed by atoms with Crippen LogP contribution in [0.1, 0.15) is 0 Å². The highest BCUT2D eigenvalue weighted by Crippen LogP contribution is 2.32. The van der Waals surface area contributed by atoms with Crippen LogP contribution < -0.4 is 0 Å². The molecule has 0 aliphatic rings. The molecule has 0 N–H and O–H groups in total. The number of rotatable bonds is 3. The molecule has 0 heterocycles. The molecule has 0 saturated carbocycles. The summed E-state index contributed by atoms with van der Waals surface area (Å²) in [5.41, 5.74) is 0. The summed E-state index contributed by atoms with van der Waals surface area (Å²) < 4.78 is 128. The molecule has 0 aromatic heterocycles. The fourth-order valence-electron chi connectivity index (χ4n) is 1.75. The van der Waals surface area contributed by atoms with E-state index in [0.29, 0.717) is 0 Å². The van der Waals surface area contributed by atoms with Crippen LogP contribution in [0.5, 0.6) is 0 Å². The van der Waals surface area contributed by atoms with Crippen molar-refractivity contribution in [1.82, 2.24) is 0 Å². The zero-order valence-corrected chi connectivity index (χ0v) is 12.7. The van der Waals surface area contributed by atoms with Crippen molar-refractivity contribution in [3.05, 3.63) is 59.2 Å². The monoisotopic (exact) mass is 390 g/mol. The van der Waals surface area contributed by atoms with Crippen molar-refractivity contribution in [3.63, 3.8) is 0 Å². The molecule has 0 unspecified atom stereocenters. The number of hydrogen-bond donors (Lipinski definition) is 0. The number of halogens is 6. The molecule has 2 rings (SSSR count). The van der Waals surface area contributed by atoms with Crippen molar-refractivity contribution >= 4 is 17.7 Å². The van der Waals surface area contributed by atoms with Crippen molar-refractivity contribution < 1.29 is 43.2 Å². The summed E-state index contributed by atoms with van der Waals surface area (Å²) in [6.07, 6.45) is 0. The fourth-order valence-corrected chi connectivity index (χ4v) is 5.66. The predicted octanol–water partition coefficient (Wildman–Crippen LogP) is 2.68. The summed E-state index contributed by atoms with van der Waals surface area (Å²) in [5.74, 6) is -11.6. The van der Waals surface area contributed by atoms with E-state index < -0.39 is 62.4 Å². The van der Waals surface area contributed by atoms with Crippen LogP contribution in [0.3, 0.4) is 0 Å². The van der Waals surface area contributed by atoms with Crippen LogP contribution in [0, 0.1) is 34.9 Å². The summed E-state index contributed by atoms with van der Waals surface area (Å²) in [4.78, 5) is -4.24. The first-order valence-corrected chi connectivity index (χ1v) is 9.17. The molecule has 2 aromatic rings. The van der Waals surface area contributed by atoms with E-state index in [0.717, 1.165) is 0 Å². The van der Waals surface area contributed by atoms with E-state index in [1.165, 1.54) is 0 Å². The molecular weight excluding hydrogens is 386 g/mol. The highest BCUT2D eigenvalue weighted by atomic mass is 33.2. The van der Waals surface area contributed by atoms with Crippen molar-refractivity contribution in [1.29, 1.82) is 0 Å². The van der Waals surface area contributed by atoms with Gasteiger partial charge in [-0.2, -0.15) is 0 Å². The third kappa shape index (κ3) is 2.75. The quantitative estimate of drug-likeness (QED) is 0.597. The topological polar surface area (TPSA) is 68.3 Å². The fraction of sp³-hybridized carbons (Fsp3) is 0. The van der Waals surface area contributed by atoms with E-state index in [4.69, 9.17) is 0 Å². The lowest BCUT2D eigenvalue weighted by molar-refractivity contribution is 0.491. The van der Waals surface area contributed by atoms with Gasteiger partial charge in [-0.3, -0.25) is 0 Å². The molecule has 0 saturated heterocycles. The minimum absolute atomic E-state index is 0.136. The zero-order valence-electron chi connectivity index (χ0n) is 11.0. The Hall–Kier alpha value is -2.08. The summed E-state index contributed by atoms with van der Waals surface area (Å²) in [5, 5.41) is 0. The largest absolute Gasteiger partial charge is 0.292 e. The van der Waals surface area contributed by atoms with E-state index in [2.05, 4.69) is 0 Å². The first kappa shape index (κ1) is 18.3. The van der Waals surface area contributed by atoms with Gasteiger partial charge in [-0.25, -0.2) is 43.2 Å². The molecule has 24 heavy (non-hydrogen) atoms. The van der Waals surface area contributed by atoms with Gasteiger partial charge in [0.05, 0.1) is 0 Å². The maximum absolute atomic E-state index is 13.5. The van der Waals surface area contributed by atoms with Gasteiger partial charge in [0.1, 0.15) is 34.9 Å². The second-order valence-corrected chi connectivity index (χ2v) is 9.57. The smallest absolute Gasteiger partial charge is 0.207 e. The normalized spacial score (nSPS) is 12.4. The van der Waals surface area contributed by atoms with Crippen molar-refractivity contribution in [2.24, 2.45) is 0 Å². The summed E-state index contributed by atoms with van der Waals surface area (Å²) >= 11 is 0. The van der Waals surface area contributed by atoms with Gasteiger partial charge in [0, 0.05) is 24.3 Å². The molecule has 2 aromatic carbocycles. The highest BCUT2D eigenvalue weighted by molar-refractivity contribution is 8.67. The van der Waals surface area contributed by atoms with Gasteiger partial charge in [0.15, 0.2) is 9.79 Å². The average molecular weight is 390 g/mol. The summed E-state index contributed by atoms with van der Waals surface area (Å²) in [6, 6.07) is -0.544. The molecule has 0 aliphatic heterocycles. The Morgan fingerprint density at radius 2 is 0.708 bits per heavy atom. The van der Waals surface area contributed by atoms with Crippen LogP contribution in [-0.4, -0.2) is 16.8 Å². The molecule has 0 bridgehead atoms. The molecule has 12 heteroatoms. The molecular formula is C12H4F6O4S2. The SMILES string of the molecule is O=S(=O)(c1c(F)cc(F)cc1F)S(=O)(=O)c1c(F)cc(F)cc1F. The van der Waals surface area contributed by atoms with Crippen LogP contribution in [-0.2, 0) is 17.7 Å². The van der Waals surface area contributed by atoms with E-state index in [1.54, 1.807) is 0 Å². The van der Waals surface area contributed by atoms with Gasteiger partial charge >= 0.3 is 0 Å². The van der Waals surface area contributed by atoms with Crippen LogP contribution >= 0.6 is 0 Å². The Labute approximate surface area is 130 Å². The second-order valence-electron chi connectivity index (χ2n) is 4.31. The molecule has 0 amide bonds. The lowest BCUT2D eigenvalue weighted by atomic mass is 10.3. The van der Waals surface area contributed by atoms with E-state index in [1.807, 2.05) is 0 Å². The molecule has 0 spiro atoms. The Morgan fingerprint density at radius 1 is 0.500 bits per heavy atom. The van der Waals surface area contributed by atoms with Gasteiger partial charge in [-0.15, -0.1) is 0 Å². The first-order chi connectivity index (χ1) is 10.9. The van der Waals surface area contributed by atoms with E-state index in [-0.39, 0.29) is 24.3 Å². The highest BCUT2D eigenvalue weighted by Gasteiger charge is 2.42. The Bertz CT molecular complexity index is 916. The third-order valence-electron chi connectivity index (χ3n) is 2.71. The minimum atomic E-state index is -6.07. The Morgan fingerprint density at radius 3 is 0.917 bits per heavy atom. The van der Waals surface area contributed by atoms with Crippen LogP contribution in [0.25, 0.3) is 0 Å². The third-order valence-corrected chi connectivity index (χ3v) is 7.81. The van der Waals surface area contributed by atoms with Crippen LogP contribution in [0.2, 0.25) is 0 Å². The van der Waals surface area contributed by atoms with Crippen molar-refractivity contribution in [2.75, 3.05) is 0 Å². The summed E-state index contributed by atoms with van der Waals surface area (Å²) in [6.45, 7) is 0. The maximum Gasteiger partial charge on any atom is 0.292 e. The zero-order chi connectivity index (χ0) is 18.4. The number of hydrogen-bond acceptors (Lipinski definition) is 4. The maximum atomic E-state index is 13.5. The van der Waals surface area contributed by atoms with E-state index >= 15 is 0 Å². The molecule has 4 nitrogen and oxygen atoms in total.